The summed E-state index contributed by atoms with van der Waals surface area (Å²) in [5.74, 6) is -1.10. The third-order valence-electron chi connectivity index (χ3n) is 4.96. The van der Waals surface area contributed by atoms with Gasteiger partial charge in [0.25, 0.3) is 5.91 Å². The van der Waals surface area contributed by atoms with Gasteiger partial charge in [-0.05, 0) is 43.7 Å². The van der Waals surface area contributed by atoms with Crippen LogP contribution in [0.15, 0.2) is 82.7 Å². The number of carbonyl (C=O) groups excluding carboxylic acids is 2. The summed E-state index contributed by atoms with van der Waals surface area (Å²) in [7, 11) is 0. The number of carbonyl (C=O) groups is 2. The zero-order chi connectivity index (χ0) is 21.3. The monoisotopic (exact) mass is 403 g/mol. The first-order chi connectivity index (χ1) is 14.5. The van der Waals surface area contributed by atoms with Crippen LogP contribution < -0.4 is 9.64 Å². The summed E-state index contributed by atoms with van der Waals surface area (Å²) in [5.41, 5.74) is 2.19. The van der Waals surface area contributed by atoms with Gasteiger partial charge in [0.05, 0.1) is 24.5 Å². The molecular formula is C24H21NO5. The molecule has 4 rings (SSSR count). The molecule has 30 heavy (non-hydrogen) atoms. The average Bonchev–Trinajstić information content (AvgIpc) is 3.36. The minimum atomic E-state index is -0.799. The van der Waals surface area contributed by atoms with Gasteiger partial charge in [0.15, 0.2) is 11.5 Å². The van der Waals surface area contributed by atoms with Gasteiger partial charge in [-0.3, -0.25) is 14.5 Å². The van der Waals surface area contributed by atoms with E-state index in [0.29, 0.717) is 23.6 Å². The van der Waals surface area contributed by atoms with Crippen molar-refractivity contribution in [3.63, 3.8) is 0 Å². The fraction of sp³-hybridized carbons (Fsp3) is 0.167. The van der Waals surface area contributed by atoms with Crippen molar-refractivity contribution in [1.82, 2.24) is 0 Å². The summed E-state index contributed by atoms with van der Waals surface area (Å²) >= 11 is 0. The van der Waals surface area contributed by atoms with Crippen LogP contribution >= 0.6 is 0 Å². The highest BCUT2D eigenvalue weighted by atomic mass is 16.5. The number of amides is 1. The van der Waals surface area contributed by atoms with Crippen LogP contribution in [0.5, 0.6) is 5.75 Å². The van der Waals surface area contributed by atoms with Crippen molar-refractivity contribution < 1.29 is 23.8 Å². The number of aryl methyl sites for hydroxylation is 1. The number of aliphatic hydroxyl groups excluding tert-OH is 1. The number of hydrogen-bond donors (Lipinski definition) is 1. The number of ether oxygens (including phenoxy) is 1. The molecule has 0 saturated carbocycles. The number of Topliss-reactive ketones (excluding diaryl/α,β-unsaturated/α-hetero) is 1. The molecule has 152 valence electrons. The molecule has 2 aromatic carbocycles. The van der Waals surface area contributed by atoms with E-state index in [-0.39, 0.29) is 11.3 Å². The fourth-order valence-corrected chi connectivity index (χ4v) is 3.69. The first-order valence-electron chi connectivity index (χ1n) is 9.65. The molecule has 0 bridgehead atoms. The molecule has 3 aromatic rings. The average molecular weight is 403 g/mol. The maximum atomic E-state index is 13.2. The number of benzene rings is 2. The van der Waals surface area contributed by atoms with E-state index in [9.17, 15) is 14.7 Å². The molecule has 0 radical (unpaired) electrons. The predicted octanol–water partition coefficient (Wildman–Crippen LogP) is 4.77. The van der Waals surface area contributed by atoms with Gasteiger partial charge >= 0.3 is 0 Å². The summed E-state index contributed by atoms with van der Waals surface area (Å²) in [6.45, 7) is 4.28. The number of hydrogen-bond acceptors (Lipinski definition) is 5. The van der Waals surface area contributed by atoms with Gasteiger partial charge in [-0.25, -0.2) is 0 Å². The maximum Gasteiger partial charge on any atom is 0.294 e. The molecular weight excluding hydrogens is 382 g/mol. The highest BCUT2D eigenvalue weighted by molar-refractivity contribution is 6.20. The smallest absolute Gasteiger partial charge is 0.294 e. The third-order valence-corrected chi connectivity index (χ3v) is 4.96. The van der Waals surface area contributed by atoms with Crippen LogP contribution in [0.25, 0.3) is 0 Å². The predicted molar refractivity (Wildman–Crippen MR) is 112 cm³/mol. The van der Waals surface area contributed by atoms with Crippen LogP contribution in [0.2, 0.25) is 0 Å². The molecule has 0 aliphatic carbocycles. The van der Waals surface area contributed by atoms with E-state index in [1.807, 2.05) is 38.1 Å². The van der Waals surface area contributed by atoms with Crippen LogP contribution in [0, 0.1) is 6.92 Å². The zero-order valence-electron chi connectivity index (χ0n) is 16.7. The molecule has 1 aromatic heterocycles. The van der Waals surface area contributed by atoms with E-state index in [1.165, 1.54) is 17.2 Å². The lowest BCUT2D eigenvalue weighted by Crippen LogP contribution is -2.31. The Kier molecular flexibility index (Phi) is 5.14. The van der Waals surface area contributed by atoms with Gasteiger partial charge in [-0.2, -0.15) is 0 Å². The van der Waals surface area contributed by atoms with E-state index < -0.39 is 23.5 Å². The number of ketones is 1. The van der Waals surface area contributed by atoms with Crippen molar-refractivity contribution >= 4 is 17.4 Å². The zero-order valence-corrected chi connectivity index (χ0v) is 16.7. The number of anilines is 1. The van der Waals surface area contributed by atoms with E-state index in [0.717, 1.165) is 5.56 Å². The standard InChI is InChI=1S/C24H21NO5/c1-3-29-18-10-5-9-17(14-18)25-21(16-8-4-7-15(2)13-16)20(23(27)24(25)28)22(26)19-11-6-12-30-19/h4-14,21,27H,3H2,1-2H3. The summed E-state index contributed by atoms with van der Waals surface area (Å²) in [6.07, 6.45) is 1.38. The Morgan fingerprint density at radius 3 is 2.63 bits per heavy atom. The minimum Gasteiger partial charge on any atom is -0.503 e. The van der Waals surface area contributed by atoms with E-state index >= 15 is 0 Å². The van der Waals surface area contributed by atoms with Gasteiger partial charge in [0.2, 0.25) is 5.78 Å². The van der Waals surface area contributed by atoms with E-state index in [2.05, 4.69) is 0 Å². The summed E-state index contributed by atoms with van der Waals surface area (Å²) in [6, 6.07) is 16.8. The molecule has 1 atom stereocenters. The summed E-state index contributed by atoms with van der Waals surface area (Å²) in [4.78, 5) is 27.7. The summed E-state index contributed by atoms with van der Waals surface area (Å²) < 4.78 is 10.8. The van der Waals surface area contributed by atoms with Gasteiger partial charge in [-0.15, -0.1) is 0 Å². The molecule has 1 N–H and O–H groups in total. The first kappa shape index (κ1) is 19.5. The van der Waals surface area contributed by atoms with Crippen molar-refractivity contribution in [2.75, 3.05) is 11.5 Å². The molecule has 6 heteroatoms. The summed E-state index contributed by atoms with van der Waals surface area (Å²) in [5, 5.41) is 10.7. The molecule has 0 spiro atoms. The normalized spacial score (nSPS) is 16.3. The molecule has 1 aliphatic heterocycles. The Morgan fingerprint density at radius 2 is 1.93 bits per heavy atom. The molecule has 1 amide bonds. The molecule has 1 aliphatic rings. The SMILES string of the molecule is CCOc1cccc(N2C(=O)C(O)=C(C(=O)c3ccco3)C2c2cccc(C)c2)c1. The lowest BCUT2D eigenvalue weighted by molar-refractivity contribution is -0.117. The van der Waals surface area contributed by atoms with Gasteiger partial charge in [0.1, 0.15) is 5.75 Å². The number of nitrogens with zero attached hydrogens (tertiary/aromatic N) is 1. The highest BCUT2D eigenvalue weighted by Crippen LogP contribution is 2.42. The second kappa shape index (κ2) is 7.91. The van der Waals surface area contributed by atoms with Gasteiger partial charge < -0.3 is 14.3 Å². The Bertz CT molecular complexity index is 1130. The van der Waals surface area contributed by atoms with Gasteiger partial charge in [0, 0.05) is 11.8 Å². The lowest BCUT2D eigenvalue weighted by Gasteiger charge is -2.27. The largest absolute Gasteiger partial charge is 0.503 e. The molecule has 2 heterocycles. The quantitative estimate of drug-likeness (QED) is 0.600. The molecule has 0 fully saturated rings. The van der Waals surface area contributed by atoms with E-state index in [1.54, 1.807) is 30.3 Å². The molecule has 1 unspecified atom stereocenters. The topological polar surface area (TPSA) is 80.0 Å². The van der Waals surface area contributed by atoms with Crippen LogP contribution in [0.1, 0.15) is 34.6 Å². The number of furan rings is 1. The number of rotatable bonds is 6. The first-order valence-corrected chi connectivity index (χ1v) is 9.65. The Morgan fingerprint density at radius 1 is 1.13 bits per heavy atom. The highest BCUT2D eigenvalue weighted by Gasteiger charge is 2.45. The fourth-order valence-electron chi connectivity index (χ4n) is 3.69. The van der Waals surface area contributed by atoms with Crippen molar-refractivity contribution in [2.45, 2.75) is 19.9 Å². The van der Waals surface area contributed by atoms with E-state index in [4.69, 9.17) is 9.15 Å². The van der Waals surface area contributed by atoms with Crippen molar-refractivity contribution in [3.8, 4) is 5.75 Å². The van der Waals surface area contributed by atoms with Gasteiger partial charge in [-0.1, -0.05) is 35.9 Å². The van der Waals surface area contributed by atoms with Crippen LogP contribution in [0.3, 0.4) is 0 Å². The van der Waals surface area contributed by atoms with Crippen molar-refractivity contribution in [3.05, 3.63) is 95.1 Å². The Hall–Kier alpha value is -3.80. The Labute approximate surface area is 174 Å². The number of aliphatic hydroxyl groups is 1. The van der Waals surface area contributed by atoms with Crippen molar-refractivity contribution in [1.29, 1.82) is 0 Å². The lowest BCUT2D eigenvalue weighted by atomic mass is 9.94. The Balaban J connectivity index is 1.87. The minimum absolute atomic E-state index is 0.0117. The maximum absolute atomic E-state index is 13.2. The third kappa shape index (κ3) is 3.37. The molecule has 0 saturated heterocycles. The van der Waals surface area contributed by atoms with Crippen LogP contribution in [-0.4, -0.2) is 23.4 Å². The molecule has 6 nitrogen and oxygen atoms in total. The van der Waals surface area contributed by atoms with Crippen LogP contribution in [-0.2, 0) is 4.79 Å². The second-order valence-corrected chi connectivity index (χ2v) is 6.99. The van der Waals surface area contributed by atoms with Crippen molar-refractivity contribution in [2.24, 2.45) is 0 Å². The van der Waals surface area contributed by atoms with Crippen LogP contribution in [0.4, 0.5) is 5.69 Å². The second-order valence-electron chi connectivity index (χ2n) is 6.99.